The second kappa shape index (κ2) is 7.90. The molecule has 0 saturated carbocycles. The van der Waals surface area contributed by atoms with Crippen molar-refractivity contribution in [1.82, 2.24) is 10.2 Å². The van der Waals surface area contributed by atoms with Gasteiger partial charge in [0.1, 0.15) is 5.75 Å². The fourth-order valence-corrected chi connectivity index (χ4v) is 2.20. The fourth-order valence-electron chi connectivity index (χ4n) is 2.20. The number of nitrogens with zero attached hydrogens (tertiary/aromatic N) is 1. The minimum Gasteiger partial charge on any atom is -0.508 e. The van der Waals surface area contributed by atoms with E-state index < -0.39 is 23.6 Å². The van der Waals surface area contributed by atoms with E-state index in [2.05, 4.69) is 5.32 Å². The molecule has 0 atom stereocenters. The fraction of sp³-hybridized carbons (Fsp3) is 0.222. The van der Waals surface area contributed by atoms with Gasteiger partial charge in [-0.15, -0.1) is 0 Å². The van der Waals surface area contributed by atoms with Crippen LogP contribution in [0.5, 0.6) is 5.75 Å². The summed E-state index contributed by atoms with van der Waals surface area (Å²) in [7, 11) is 1.49. The number of nitrogens with one attached hydrogen (secondary N) is 1. The lowest BCUT2D eigenvalue weighted by Gasteiger charge is -2.18. The second-order valence-electron chi connectivity index (χ2n) is 5.68. The van der Waals surface area contributed by atoms with E-state index in [0.717, 1.165) is 12.1 Å². The van der Waals surface area contributed by atoms with Crippen molar-refractivity contribution in [2.45, 2.75) is 12.7 Å². The third-order valence-electron chi connectivity index (χ3n) is 3.64. The highest BCUT2D eigenvalue weighted by Crippen LogP contribution is 2.29. The maximum atomic E-state index is 12.5. The average molecular weight is 366 g/mol. The predicted octanol–water partition coefficient (Wildman–Crippen LogP) is 2.80. The molecule has 8 heteroatoms. The number of likely N-dealkylation sites (N-methyl/N-ethyl adjacent to an activating group) is 1. The molecule has 0 aromatic heterocycles. The normalized spacial score (nSPS) is 11.1. The molecule has 138 valence electrons. The van der Waals surface area contributed by atoms with E-state index in [4.69, 9.17) is 0 Å². The standard InChI is InChI=1S/C18H17F3N2O3/c1-23(11-12-5-7-14(8-6-12)18(19,20)21)16(25)10-22-17(26)13-3-2-4-15(24)9-13/h2-9,24H,10-11H2,1H3,(H,22,26). The Morgan fingerprint density at radius 2 is 1.77 bits per heavy atom. The van der Waals surface area contributed by atoms with Crippen molar-refractivity contribution in [3.05, 3.63) is 65.2 Å². The Bertz CT molecular complexity index is 789. The highest BCUT2D eigenvalue weighted by molar-refractivity contribution is 5.96. The highest BCUT2D eigenvalue weighted by Gasteiger charge is 2.30. The lowest BCUT2D eigenvalue weighted by molar-refractivity contribution is -0.137. The van der Waals surface area contributed by atoms with Gasteiger partial charge in [0.05, 0.1) is 12.1 Å². The number of halogens is 3. The summed E-state index contributed by atoms with van der Waals surface area (Å²) in [6.45, 7) is -0.162. The molecule has 2 aromatic carbocycles. The molecule has 0 saturated heterocycles. The molecule has 0 unspecified atom stereocenters. The van der Waals surface area contributed by atoms with Gasteiger partial charge in [0.2, 0.25) is 5.91 Å². The van der Waals surface area contributed by atoms with E-state index in [1.807, 2.05) is 0 Å². The van der Waals surface area contributed by atoms with Crippen molar-refractivity contribution in [3.63, 3.8) is 0 Å². The summed E-state index contributed by atoms with van der Waals surface area (Å²) in [6.07, 6.45) is -4.41. The molecule has 26 heavy (non-hydrogen) atoms. The van der Waals surface area contributed by atoms with Gasteiger partial charge in [-0.05, 0) is 35.9 Å². The maximum absolute atomic E-state index is 12.5. The van der Waals surface area contributed by atoms with Gasteiger partial charge in [0.15, 0.2) is 0 Å². The number of alkyl halides is 3. The number of aromatic hydroxyl groups is 1. The van der Waals surface area contributed by atoms with Crippen LogP contribution in [-0.4, -0.2) is 35.4 Å². The Hall–Kier alpha value is -3.03. The molecule has 0 fully saturated rings. The largest absolute Gasteiger partial charge is 0.508 e. The number of amides is 2. The summed E-state index contributed by atoms with van der Waals surface area (Å²) >= 11 is 0. The summed E-state index contributed by atoms with van der Waals surface area (Å²) in [6, 6.07) is 10.2. The van der Waals surface area contributed by atoms with Crippen molar-refractivity contribution >= 4 is 11.8 Å². The number of phenols is 1. The van der Waals surface area contributed by atoms with Gasteiger partial charge >= 0.3 is 6.18 Å². The molecule has 0 aliphatic rings. The van der Waals surface area contributed by atoms with Gasteiger partial charge < -0.3 is 15.3 Å². The number of rotatable bonds is 5. The third-order valence-corrected chi connectivity index (χ3v) is 3.64. The van der Waals surface area contributed by atoms with Crippen molar-refractivity contribution in [2.75, 3.05) is 13.6 Å². The third kappa shape index (κ3) is 5.23. The lowest BCUT2D eigenvalue weighted by Crippen LogP contribution is -2.37. The van der Waals surface area contributed by atoms with E-state index in [1.165, 1.54) is 48.3 Å². The van der Waals surface area contributed by atoms with E-state index in [1.54, 1.807) is 0 Å². The molecule has 0 radical (unpaired) electrons. The molecule has 0 spiro atoms. The Labute approximate surface area is 148 Å². The van der Waals surface area contributed by atoms with Crippen LogP contribution in [0.1, 0.15) is 21.5 Å². The first-order valence-corrected chi connectivity index (χ1v) is 7.64. The number of hydrogen-bond donors (Lipinski definition) is 2. The molecular formula is C18H17F3N2O3. The monoisotopic (exact) mass is 366 g/mol. The number of benzene rings is 2. The molecule has 2 aromatic rings. The van der Waals surface area contributed by atoms with Gasteiger partial charge in [-0.1, -0.05) is 18.2 Å². The van der Waals surface area contributed by atoms with E-state index in [9.17, 15) is 27.9 Å². The van der Waals surface area contributed by atoms with E-state index >= 15 is 0 Å². The van der Waals surface area contributed by atoms with Crippen molar-refractivity contribution in [2.24, 2.45) is 0 Å². The molecule has 0 bridgehead atoms. The van der Waals surface area contributed by atoms with Gasteiger partial charge in [0, 0.05) is 19.2 Å². The predicted molar refractivity (Wildman–Crippen MR) is 88.4 cm³/mol. The first kappa shape index (κ1) is 19.3. The molecule has 0 aliphatic heterocycles. The zero-order valence-electron chi connectivity index (χ0n) is 13.9. The van der Waals surface area contributed by atoms with Crippen LogP contribution in [0.3, 0.4) is 0 Å². The van der Waals surface area contributed by atoms with Gasteiger partial charge in [-0.2, -0.15) is 13.2 Å². The molecule has 2 amide bonds. The summed E-state index contributed by atoms with van der Waals surface area (Å²) in [5.74, 6) is -0.987. The van der Waals surface area contributed by atoms with Gasteiger partial charge in [0.25, 0.3) is 5.91 Å². The quantitative estimate of drug-likeness (QED) is 0.855. The van der Waals surface area contributed by atoms with Crippen LogP contribution in [0.25, 0.3) is 0 Å². The zero-order valence-corrected chi connectivity index (χ0v) is 13.9. The Balaban J connectivity index is 1.88. The zero-order chi connectivity index (χ0) is 19.3. The second-order valence-corrected chi connectivity index (χ2v) is 5.68. The average Bonchev–Trinajstić information content (AvgIpc) is 2.59. The molecule has 0 heterocycles. The van der Waals surface area contributed by atoms with Crippen LogP contribution in [0.15, 0.2) is 48.5 Å². The summed E-state index contributed by atoms with van der Waals surface area (Å²) in [4.78, 5) is 25.3. The van der Waals surface area contributed by atoms with Crippen LogP contribution >= 0.6 is 0 Å². The molecule has 2 rings (SSSR count). The molecule has 2 N–H and O–H groups in total. The van der Waals surface area contributed by atoms with Crippen molar-refractivity contribution < 1.29 is 27.9 Å². The topological polar surface area (TPSA) is 69.6 Å². The van der Waals surface area contributed by atoms with Crippen LogP contribution in [0.4, 0.5) is 13.2 Å². The van der Waals surface area contributed by atoms with Crippen molar-refractivity contribution in [3.8, 4) is 5.75 Å². The maximum Gasteiger partial charge on any atom is 0.416 e. The smallest absolute Gasteiger partial charge is 0.416 e. The van der Waals surface area contributed by atoms with Crippen LogP contribution in [-0.2, 0) is 17.5 Å². The lowest BCUT2D eigenvalue weighted by atomic mass is 10.1. The van der Waals surface area contributed by atoms with Gasteiger partial charge in [-0.25, -0.2) is 0 Å². The molecular weight excluding hydrogens is 349 g/mol. The Morgan fingerprint density at radius 3 is 2.35 bits per heavy atom. The minimum absolute atomic E-state index is 0.0663. The van der Waals surface area contributed by atoms with Gasteiger partial charge in [-0.3, -0.25) is 9.59 Å². The molecule has 0 aliphatic carbocycles. The van der Waals surface area contributed by atoms with E-state index in [0.29, 0.717) is 5.56 Å². The summed E-state index contributed by atoms with van der Waals surface area (Å²) < 4.78 is 37.6. The van der Waals surface area contributed by atoms with E-state index in [-0.39, 0.29) is 24.4 Å². The number of hydrogen-bond acceptors (Lipinski definition) is 3. The number of phenolic OH excluding ortho intramolecular Hbond substituents is 1. The van der Waals surface area contributed by atoms with Crippen LogP contribution in [0.2, 0.25) is 0 Å². The summed E-state index contributed by atoms with van der Waals surface area (Å²) in [5, 5.41) is 11.8. The number of carbonyl (C=O) groups is 2. The minimum atomic E-state index is -4.41. The van der Waals surface area contributed by atoms with Crippen LogP contribution < -0.4 is 5.32 Å². The Morgan fingerprint density at radius 1 is 1.12 bits per heavy atom. The highest BCUT2D eigenvalue weighted by atomic mass is 19.4. The van der Waals surface area contributed by atoms with Crippen LogP contribution in [0, 0.1) is 0 Å². The SMILES string of the molecule is CN(Cc1ccc(C(F)(F)F)cc1)C(=O)CNC(=O)c1cccc(O)c1. The molecule has 5 nitrogen and oxygen atoms in total. The Kier molecular flexibility index (Phi) is 5.86. The number of carbonyl (C=O) groups excluding carboxylic acids is 2. The van der Waals surface area contributed by atoms with Crippen molar-refractivity contribution in [1.29, 1.82) is 0 Å². The first-order valence-electron chi connectivity index (χ1n) is 7.64. The summed E-state index contributed by atoms with van der Waals surface area (Å²) in [5.41, 5.74) is -0.00930. The first-order chi connectivity index (χ1) is 12.2.